The molecule has 6 heteroatoms. The summed E-state index contributed by atoms with van der Waals surface area (Å²) in [6.07, 6.45) is 1.21. The number of nitrogens with zero attached hydrogens (tertiary/aromatic N) is 1. The first-order valence-electron chi connectivity index (χ1n) is 6.91. The Morgan fingerprint density at radius 3 is 2.62 bits per heavy atom. The Morgan fingerprint density at radius 2 is 2.05 bits per heavy atom. The molecule has 0 spiro atoms. The van der Waals surface area contributed by atoms with E-state index in [9.17, 15) is 9.59 Å². The molecule has 114 valence electrons. The van der Waals surface area contributed by atoms with Gasteiger partial charge in [-0.3, -0.25) is 4.79 Å². The predicted octanol–water partition coefficient (Wildman–Crippen LogP) is 2.39. The number of carboxylic acid groups (broad SMARTS) is 1. The van der Waals surface area contributed by atoms with E-state index in [0.29, 0.717) is 31.0 Å². The summed E-state index contributed by atoms with van der Waals surface area (Å²) in [7, 11) is 0. The Kier molecular flexibility index (Phi) is 4.73. The Labute approximate surface area is 128 Å². The summed E-state index contributed by atoms with van der Waals surface area (Å²) < 4.78 is 0. The molecule has 0 radical (unpaired) electrons. The summed E-state index contributed by atoms with van der Waals surface area (Å²) in [5.74, 6) is -0.848. The number of carbonyl (C=O) groups excluding carboxylic acids is 1. The van der Waals surface area contributed by atoms with Crippen LogP contribution in [0.25, 0.3) is 0 Å². The number of hydrogen-bond acceptors (Lipinski definition) is 2. The SMILES string of the molecule is CC1(C(=O)O)CCN(C(=O)NCCc2ccc(Cl)cc2)C1. The third kappa shape index (κ3) is 3.88. The van der Waals surface area contributed by atoms with Crippen LogP contribution in [0.1, 0.15) is 18.9 Å². The maximum absolute atomic E-state index is 12.0. The van der Waals surface area contributed by atoms with Gasteiger partial charge >= 0.3 is 12.0 Å². The number of urea groups is 1. The molecular formula is C15H19ClN2O3. The van der Waals surface area contributed by atoms with Crippen molar-refractivity contribution in [3.05, 3.63) is 34.9 Å². The van der Waals surface area contributed by atoms with Crippen LogP contribution in [0.15, 0.2) is 24.3 Å². The topological polar surface area (TPSA) is 69.6 Å². The summed E-state index contributed by atoms with van der Waals surface area (Å²) >= 11 is 5.81. The van der Waals surface area contributed by atoms with Crippen LogP contribution in [0.2, 0.25) is 5.02 Å². The van der Waals surface area contributed by atoms with Crippen LogP contribution < -0.4 is 5.32 Å². The van der Waals surface area contributed by atoms with Crippen molar-refractivity contribution in [2.45, 2.75) is 19.8 Å². The van der Waals surface area contributed by atoms with Crippen molar-refractivity contribution in [1.29, 1.82) is 0 Å². The normalized spacial score (nSPS) is 21.3. The molecule has 0 aromatic heterocycles. The zero-order valence-electron chi connectivity index (χ0n) is 11.9. The second-order valence-corrected chi connectivity index (χ2v) is 6.08. The van der Waals surface area contributed by atoms with E-state index in [2.05, 4.69) is 5.32 Å². The highest BCUT2D eigenvalue weighted by molar-refractivity contribution is 6.30. The lowest BCUT2D eigenvalue weighted by atomic mass is 9.90. The van der Waals surface area contributed by atoms with Crippen molar-refractivity contribution in [2.75, 3.05) is 19.6 Å². The van der Waals surface area contributed by atoms with Gasteiger partial charge < -0.3 is 15.3 Å². The zero-order chi connectivity index (χ0) is 15.5. The number of carboxylic acids is 1. The standard InChI is InChI=1S/C15H19ClN2O3/c1-15(13(19)20)7-9-18(10-15)14(21)17-8-6-11-2-4-12(16)5-3-11/h2-5H,6-10H2,1H3,(H,17,21)(H,19,20). The van der Waals surface area contributed by atoms with Gasteiger partial charge in [-0.05, 0) is 37.5 Å². The minimum absolute atomic E-state index is 0.200. The Balaban J connectivity index is 1.78. The van der Waals surface area contributed by atoms with Gasteiger partial charge in [0.2, 0.25) is 0 Å². The summed E-state index contributed by atoms with van der Waals surface area (Å²) in [6, 6.07) is 7.28. The van der Waals surface area contributed by atoms with E-state index in [1.807, 2.05) is 24.3 Å². The van der Waals surface area contributed by atoms with E-state index < -0.39 is 11.4 Å². The fraction of sp³-hybridized carbons (Fsp3) is 0.467. The Bertz CT molecular complexity index is 532. The highest BCUT2D eigenvalue weighted by atomic mass is 35.5. The first kappa shape index (κ1) is 15.6. The number of nitrogens with one attached hydrogen (secondary N) is 1. The lowest BCUT2D eigenvalue weighted by Crippen LogP contribution is -2.41. The minimum Gasteiger partial charge on any atom is -0.481 e. The van der Waals surface area contributed by atoms with Crippen LogP contribution in [0, 0.1) is 5.41 Å². The fourth-order valence-electron chi connectivity index (χ4n) is 2.39. The smallest absolute Gasteiger partial charge is 0.317 e. The molecule has 1 fully saturated rings. The fourth-order valence-corrected chi connectivity index (χ4v) is 2.51. The van der Waals surface area contributed by atoms with Crippen LogP contribution in [-0.2, 0) is 11.2 Å². The molecule has 1 aliphatic heterocycles. The van der Waals surface area contributed by atoms with Gasteiger partial charge in [-0.25, -0.2) is 4.79 Å². The second-order valence-electron chi connectivity index (χ2n) is 5.65. The van der Waals surface area contributed by atoms with E-state index in [1.54, 1.807) is 11.8 Å². The van der Waals surface area contributed by atoms with Crippen molar-refractivity contribution in [2.24, 2.45) is 5.41 Å². The van der Waals surface area contributed by atoms with Gasteiger partial charge in [-0.2, -0.15) is 0 Å². The van der Waals surface area contributed by atoms with Crippen LogP contribution in [-0.4, -0.2) is 41.6 Å². The molecule has 2 rings (SSSR count). The Hall–Kier alpha value is -1.75. The third-order valence-corrected chi connectivity index (χ3v) is 4.13. The van der Waals surface area contributed by atoms with Crippen LogP contribution >= 0.6 is 11.6 Å². The van der Waals surface area contributed by atoms with Gasteiger partial charge in [0, 0.05) is 24.7 Å². The molecule has 2 amide bonds. The predicted molar refractivity (Wildman–Crippen MR) is 80.5 cm³/mol. The van der Waals surface area contributed by atoms with Gasteiger partial charge in [0.05, 0.1) is 5.41 Å². The number of halogens is 1. The molecule has 21 heavy (non-hydrogen) atoms. The summed E-state index contributed by atoms with van der Waals surface area (Å²) in [4.78, 5) is 24.7. The molecule has 0 bridgehead atoms. The molecule has 1 heterocycles. The molecule has 5 nitrogen and oxygen atoms in total. The summed E-state index contributed by atoms with van der Waals surface area (Å²) in [6.45, 7) is 2.93. The molecule has 1 aliphatic rings. The van der Waals surface area contributed by atoms with Crippen molar-refractivity contribution >= 4 is 23.6 Å². The lowest BCUT2D eigenvalue weighted by molar-refractivity contribution is -0.146. The summed E-state index contributed by atoms with van der Waals surface area (Å²) in [5, 5.41) is 12.7. The van der Waals surface area contributed by atoms with Gasteiger partial charge in [0.15, 0.2) is 0 Å². The average Bonchev–Trinajstić information content (AvgIpc) is 2.85. The minimum atomic E-state index is -0.848. The number of likely N-dealkylation sites (tertiary alicyclic amines) is 1. The van der Waals surface area contributed by atoms with Gasteiger partial charge in [0.1, 0.15) is 0 Å². The summed E-state index contributed by atoms with van der Waals surface area (Å²) in [5.41, 5.74) is 0.268. The van der Waals surface area contributed by atoms with Gasteiger partial charge in [-0.1, -0.05) is 23.7 Å². The zero-order valence-corrected chi connectivity index (χ0v) is 12.7. The van der Waals surface area contributed by atoms with E-state index >= 15 is 0 Å². The maximum atomic E-state index is 12.0. The molecule has 1 aromatic carbocycles. The number of hydrogen-bond donors (Lipinski definition) is 2. The highest BCUT2D eigenvalue weighted by Gasteiger charge is 2.42. The number of carbonyl (C=O) groups is 2. The van der Waals surface area contributed by atoms with Crippen molar-refractivity contribution in [1.82, 2.24) is 10.2 Å². The Morgan fingerprint density at radius 1 is 1.38 bits per heavy atom. The lowest BCUT2D eigenvalue weighted by Gasteiger charge is -2.20. The number of amides is 2. The number of aliphatic carboxylic acids is 1. The van der Waals surface area contributed by atoms with E-state index in [4.69, 9.17) is 16.7 Å². The van der Waals surface area contributed by atoms with E-state index in [-0.39, 0.29) is 12.6 Å². The largest absolute Gasteiger partial charge is 0.481 e. The monoisotopic (exact) mass is 310 g/mol. The molecule has 0 saturated carbocycles. The first-order chi connectivity index (χ1) is 9.90. The second kappa shape index (κ2) is 6.35. The molecular weight excluding hydrogens is 292 g/mol. The van der Waals surface area contributed by atoms with Crippen molar-refractivity contribution in [3.8, 4) is 0 Å². The van der Waals surface area contributed by atoms with Gasteiger partial charge in [-0.15, -0.1) is 0 Å². The van der Waals surface area contributed by atoms with Crippen LogP contribution in [0.3, 0.4) is 0 Å². The molecule has 1 aromatic rings. The van der Waals surface area contributed by atoms with Crippen molar-refractivity contribution in [3.63, 3.8) is 0 Å². The molecule has 1 unspecified atom stereocenters. The third-order valence-electron chi connectivity index (χ3n) is 3.88. The molecule has 1 saturated heterocycles. The molecule has 0 aliphatic carbocycles. The first-order valence-corrected chi connectivity index (χ1v) is 7.29. The van der Waals surface area contributed by atoms with Crippen LogP contribution in [0.4, 0.5) is 4.79 Å². The molecule has 2 N–H and O–H groups in total. The van der Waals surface area contributed by atoms with E-state index in [1.165, 1.54) is 0 Å². The highest BCUT2D eigenvalue weighted by Crippen LogP contribution is 2.29. The van der Waals surface area contributed by atoms with Crippen LogP contribution in [0.5, 0.6) is 0 Å². The van der Waals surface area contributed by atoms with Gasteiger partial charge in [0.25, 0.3) is 0 Å². The number of rotatable bonds is 4. The maximum Gasteiger partial charge on any atom is 0.317 e. The number of benzene rings is 1. The molecule has 1 atom stereocenters. The van der Waals surface area contributed by atoms with E-state index in [0.717, 1.165) is 5.56 Å². The van der Waals surface area contributed by atoms with Crippen molar-refractivity contribution < 1.29 is 14.7 Å². The average molecular weight is 311 g/mol. The quantitative estimate of drug-likeness (QED) is 0.897.